The Morgan fingerprint density at radius 3 is 2.57 bits per heavy atom. The van der Waals surface area contributed by atoms with Crippen molar-refractivity contribution in [1.82, 2.24) is 10.2 Å². The van der Waals surface area contributed by atoms with Gasteiger partial charge in [-0.15, -0.1) is 0 Å². The van der Waals surface area contributed by atoms with Gasteiger partial charge in [-0.3, -0.25) is 4.79 Å². The van der Waals surface area contributed by atoms with Crippen molar-refractivity contribution in [3.8, 4) is 0 Å². The van der Waals surface area contributed by atoms with Crippen molar-refractivity contribution < 1.29 is 13.2 Å². The topological polar surface area (TPSA) is 92.5 Å². The van der Waals surface area contributed by atoms with E-state index in [9.17, 15) is 13.2 Å². The number of hydrogen-bond acceptors (Lipinski definition) is 4. The van der Waals surface area contributed by atoms with Crippen LogP contribution in [0.4, 0.5) is 0 Å². The third-order valence-corrected chi connectivity index (χ3v) is 5.74. The van der Waals surface area contributed by atoms with Crippen molar-refractivity contribution in [2.45, 2.75) is 12.8 Å². The first kappa shape index (κ1) is 16.4. The highest BCUT2D eigenvalue weighted by molar-refractivity contribution is 7.89. The molecule has 0 aliphatic carbocycles. The van der Waals surface area contributed by atoms with E-state index in [0.717, 1.165) is 12.0 Å². The third kappa shape index (κ3) is 3.73. The van der Waals surface area contributed by atoms with E-state index in [4.69, 9.17) is 5.14 Å². The van der Waals surface area contributed by atoms with Crippen LogP contribution < -0.4 is 10.5 Å². The summed E-state index contributed by atoms with van der Waals surface area (Å²) < 4.78 is 22.5. The zero-order valence-corrected chi connectivity index (χ0v) is 13.9. The quantitative estimate of drug-likeness (QED) is 0.788. The average molecular weight is 337 g/mol. The van der Waals surface area contributed by atoms with E-state index in [1.54, 1.807) is 0 Å². The highest BCUT2D eigenvalue weighted by Crippen LogP contribution is 2.32. The molecular weight excluding hydrogens is 314 g/mol. The maximum Gasteiger partial charge on any atom is 0.231 e. The summed E-state index contributed by atoms with van der Waals surface area (Å²) in [5.74, 6) is 0.0496. The van der Waals surface area contributed by atoms with Gasteiger partial charge in [0.1, 0.15) is 0 Å². The molecule has 126 valence electrons. The number of carbonyl (C=O) groups excluding carboxylic acids is 1. The minimum Gasteiger partial charge on any atom is -0.342 e. The van der Waals surface area contributed by atoms with Crippen LogP contribution in [-0.4, -0.2) is 51.2 Å². The zero-order chi connectivity index (χ0) is 16.5. The molecule has 0 saturated carbocycles. The summed E-state index contributed by atoms with van der Waals surface area (Å²) in [7, 11) is -3.48. The second-order valence-corrected chi connectivity index (χ2v) is 8.44. The van der Waals surface area contributed by atoms with E-state index < -0.39 is 15.4 Å². The Kier molecular flexibility index (Phi) is 4.44. The fourth-order valence-corrected chi connectivity index (χ4v) is 4.51. The lowest BCUT2D eigenvalue weighted by Crippen LogP contribution is -2.63. The highest BCUT2D eigenvalue weighted by Gasteiger charge is 2.47. The molecule has 0 spiro atoms. The molecule has 1 aromatic rings. The smallest absolute Gasteiger partial charge is 0.231 e. The van der Waals surface area contributed by atoms with Gasteiger partial charge in [-0.1, -0.05) is 30.3 Å². The van der Waals surface area contributed by atoms with Crippen LogP contribution in [0.15, 0.2) is 30.3 Å². The Hall–Kier alpha value is -1.44. The number of nitrogens with one attached hydrogen (secondary N) is 1. The first-order chi connectivity index (χ1) is 10.9. The molecule has 0 radical (unpaired) electrons. The van der Waals surface area contributed by atoms with E-state index in [1.807, 2.05) is 35.2 Å². The normalized spacial score (nSPS) is 23.5. The Morgan fingerprint density at radius 2 is 2.00 bits per heavy atom. The van der Waals surface area contributed by atoms with Gasteiger partial charge in [0, 0.05) is 26.2 Å². The van der Waals surface area contributed by atoms with Gasteiger partial charge in [-0.25, -0.2) is 13.6 Å². The van der Waals surface area contributed by atoms with Gasteiger partial charge < -0.3 is 10.2 Å². The van der Waals surface area contributed by atoms with E-state index in [2.05, 4.69) is 5.32 Å². The number of benzene rings is 1. The predicted octanol–water partition coefficient (Wildman–Crippen LogP) is -0.0443. The average Bonchev–Trinajstić information content (AvgIpc) is 2.89. The van der Waals surface area contributed by atoms with Gasteiger partial charge in [0.15, 0.2) is 0 Å². The highest BCUT2D eigenvalue weighted by atomic mass is 32.2. The molecule has 3 N–H and O–H groups in total. The number of likely N-dealkylation sites (tertiary alicyclic amines) is 1. The van der Waals surface area contributed by atoms with Crippen molar-refractivity contribution in [2.75, 3.05) is 31.9 Å². The molecule has 6 nitrogen and oxygen atoms in total. The molecule has 1 aromatic carbocycles. The summed E-state index contributed by atoms with van der Waals surface area (Å²) in [6, 6.07) is 10.0. The number of hydrogen-bond donors (Lipinski definition) is 2. The maximum absolute atomic E-state index is 13.0. The molecule has 2 saturated heterocycles. The molecule has 0 aromatic heterocycles. The van der Waals surface area contributed by atoms with E-state index in [1.165, 1.54) is 0 Å². The van der Waals surface area contributed by atoms with Gasteiger partial charge in [0.05, 0.1) is 11.2 Å². The largest absolute Gasteiger partial charge is 0.342 e. The van der Waals surface area contributed by atoms with Gasteiger partial charge in [-0.2, -0.15) is 0 Å². The second-order valence-electron chi connectivity index (χ2n) is 6.78. The molecule has 2 heterocycles. The molecule has 7 heteroatoms. The summed E-state index contributed by atoms with van der Waals surface area (Å²) >= 11 is 0. The minimum absolute atomic E-state index is 0.0410. The number of carbonyl (C=O) groups is 1. The van der Waals surface area contributed by atoms with E-state index in [-0.39, 0.29) is 17.6 Å². The van der Waals surface area contributed by atoms with Gasteiger partial charge in [-0.05, 0) is 24.3 Å². The molecule has 1 unspecified atom stereocenters. The van der Waals surface area contributed by atoms with Crippen molar-refractivity contribution in [3.05, 3.63) is 35.9 Å². The molecule has 2 aliphatic heterocycles. The monoisotopic (exact) mass is 337 g/mol. The summed E-state index contributed by atoms with van der Waals surface area (Å²) in [4.78, 5) is 14.8. The Labute approximate surface area is 137 Å². The number of nitrogens with zero attached hydrogens (tertiary/aromatic N) is 1. The molecule has 1 amide bonds. The number of rotatable bonds is 5. The van der Waals surface area contributed by atoms with Crippen LogP contribution in [0.3, 0.4) is 0 Å². The van der Waals surface area contributed by atoms with Crippen molar-refractivity contribution >= 4 is 15.9 Å². The van der Waals surface area contributed by atoms with Gasteiger partial charge in [0.2, 0.25) is 15.9 Å². The van der Waals surface area contributed by atoms with Crippen LogP contribution in [0.5, 0.6) is 0 Å². The lowest BCUT2D eigenvalue weighted by atomic mass is 9.75. The van der Waals surface area contributed by atoms with Crippen LogP contribution in [0, 0.1) is 11.3 Å². The standard InChI is InChI=1S/C16H23N3O3S/c17-23(21,22)10-14-6-7-19(9-14)15(20)16(11-18-12-16)8-13-4-2-1-3-5-13/h1-5,14,18H,6-12H2,(H2,17,21,22). The van der Waals surface area contributed by atoms with Gasteiger partial charge in [0.25, 0.3) is 0 Å². The van der Waals surface area contributed by atoms with Gasteiger partial charge >= 0.3 is 0 Å². The fraction of sp³-hybridized carbons (Fsp3) is 0.562. The Morgan fingerprint density at radius 1 is 1.30 bits per heavy atom. The Balaban J connectivity index is 1.67. The molecule has 2 aliphatic rings. The predicted molar refractivity (Wildman–Crippen MR) is 88.1 cm³/mol. The number of nitrogens with two attached hydrogens (primary N) is 1. The first-order valence-electron chi connectivity index (χ1n) is 7.92. The molecule has 0 bridgehead atoms. The molecule has 1 atom stereocenters. The molecular formula is C16H23N3O3S. The molecule has 2 fully saturated rings. The van der Waals surface area contributed by atoms with Crippen LogP contribution >= 0.6 is 0 Å². The van der Waals surface area contributed by atoms with Crippen LogP contribution in [-0.2, 0) is 21.2 Å². The number of amides is 1. The van der Waals surface area contributed by atoms with Crippen LogP contribution in [0.25, 0.3) is 0 Å². The first-order valence-corrected chi connectivity index (χ1v) is 9.64. The third-order valence-electron chi connectivity index (χ3n) is 4.81. The molecule has 3 rings (SSSR count). The lowest BCUT2D eigenvalue weighted by molar-refractivity contribution is -0.144. The van der Waals surface area contributed by atoms with E-state index >= 15 is 0 Å². The summed E-state index contributed by atoms with van der Waals surface area (Å²) in [6.07, 6.45) is 1.42. The molecule has 23 heavy (non-hydrogen) atoms. The van der Waals surface area contributed by atoms with Crippen molar-refractivity contribution in [3.63, 3.8) is 0 Å². The summed E-state index contributed by atoms with van der Waals surface area (Å²) in [5, 5.41) is 8.33. The SMILES string of the molecule is NS(=O)(=O)CC1CCN(C(=O)C2(Cc3ccccc3)CNC2)C1. The van der Waals surface area contributed by atoms with E-state index in [0.29, 0.717) is 32.6 Å². The number of primary sulfonamides is 1. The fourth-order valence-electron chi connectivity index (χ4n) is 3.58. The zero-order valence-electron chi connectivity index (χ0n) is 13.1. The van der Waals surface area contributed by atoms with Crippen LogP contribution in [0.2, 0.25) is 0 Å². The Bertz CT molecular complexity index is 671. The maximum atomic E-state index is 13.0. The summed E-state index contributed by atoms with van der Waals surface area (Å²) in [6.45, 7) is 2.47. The number of sulfonamides is 1. The van der Waals surface area contributed by atoms with Crippen LogP contribution in [0.1, 0.15) is 12.0 Å². The minimum atomic E-state index is -3.48. The van der Waals surface area contributed by atoms with Crippen molar-refractivity contribution in [2.24, 2.45) is 16.5 Å². The second kappa shape index (κ2) is 6.22. The lowest BCUT2D eigenvalue weighted by Gasteiger charge is -2.43. The summed E-state index contributed by atoms with van der Waals surface area (Å²) in [5.41, 5.74) is 0.764. The van der Waals surface area contributed by atoms with Crippen molar-refractivity contribution in [1.29, 1.82) is 0 Å².